The molecule has 0 radical (unpaired) electrons. The SMILES string of the molecule is CC(C)(COC(=O)O[C@H](CC(=O)O)C[N+](C)(C)C)[C@H]1OC(=O)SCCNC(=O)CCNC1=O. The third-order valence-electron chi connectivity index (χ3n) is 4.44. The molecule has 0 spiro atoms. The Labute approximate surface area is 197 Å². The third kappa shape index (κ3) is 11.8. The Morgan fingerprint density at radius 3 is 2.48 bits per heavy atom. The molecule has 13 heteroatoms. The summed E-state index contributed by atoms with van der Waals surface area (Å²) in [6, 6.07) is 0. The second-order valence-electron chi connectivity index (χ2n) is 9.33. The number of hydrogen-bond donors (Lipinski definition) is 3. The summed E-state index contributed by atoms with van der Waals surface area (Å²) in [5, 5.41) is 13.5. The molecule has 3 N–H and O–H groups in total. The van der Waals surface area contributed by atoms with E-state index in [1.54, 1.807) is 13.8 Å². The van der Waals surface area contributed by atoms with E-state index in [9.17, 15) is 24.0 Å². The van der Waals surface area contributed by atoms with Gasteiger partial charge in [-0.15, -0.1) is 0 Å². The molecule has 0 aromatic rings. The highest BCUT2D eigenvalue weighted by Gasteiger charge is 2.40. The number of likely N-dealkylation sites (N-methyl/N-ethyl adjacent to an activating group) is 1. The standard InChI is InChI=1S/C20H33N3O9S/c1-20(2,12-30-18(28)31-13(10-15(25)26)11-23(3,4)5)16-17(27)22-7-6-14(24)21-8-9-33-19(29)32-16/h13,16H,6-12H2,1-5H3,(H2-,21,22,24,25,26,27)/p+1/t13-,16+/m1/s1. The number of cyclic esters (lactones) is 1. The molecule has 2 amide bonds. The second kappa shape index (κ2) is 12.6. The molecule has 1 rings (SSSR count). The monoisotopic (exact) mass is 492 g/mol. The van der Waals surface area contributed by atoms with Gasteiger partial charge >= 0.3 is 17.4 Å². The number of thioether (sulfide) groups is 1. The van der Waals surface area contributed by atoms with Crippen LogP contribution in [-0.4, -0.2) is 104 Å². The molecular formula is C20H34N3O9S+. The van der Waals surface area contributed by atoms with E-state index in [0.29, 0.717) is 4.48 Å². The van der Waals surface area contributed by atoms with Crippen LogP contribution >= 0.6 is 11.8 Å². The number of ether oxygens (including phenoxy) is 3. The maximum Gasteiger partial charge on any atom is 0.508 e. The van der Waals surface area contributed by atoms with Gasteiger partial charge in [-0.2, -0.15) is 0 Å². The van der Waals surface area contributed by atoms with Crippen LogP contribution in [0.25, 0.3) is 0 Å². The molecule has 1 fully saturated rings. The van der Waals surface area contributed by atoms with Gasteiger partial charge in [0.1, 0.15) is 13.2 Å². The first kappa shape index (κ1) is 28.5. The zero-order valence-electron chi connectivity index (χ0n) is 19.7. The van der Waals surface area contributed by atoms with Crippen LogP contribution in [0.3, 0.4) is 0 Å². The minimum Gasteiger partial charge on any atom is -0.481 e. The van der Waals surface area contributed by atoms with Crippen LogP contribution in [0.1, 0.15) is 26.7 Å². The average molecular weight is 493 g/mol. The van der Waals surface area contributed by atoms with Crippen LogP contribution < -0.4 is 10.6 Å². The molecule has 1 aliphatic rings. The first-order chi connectivity index (χ1) is 15.2. The van der Waals surface area contributed by atoms with Crippen molar-refractivity contribution in [2.45, 2.75) is 38.9 Å². The zero-order chi connectivity index (χ0) is 25.2. The fourth-order valence-electron chi connectivity index (χ4n) is 2.94. The predicted octanol–water partition coefficient (Wildman–Crippen LogP) is 0.590. The van der Waals surface area contributed by atoms with Gasteiger partial charge in [0.2, 0.25) is 5.91 Å². The van der Waals surface area contributed by atoms with Crippen molar-refractivity contribution < 1.29 is 47.8 Å². The first-order valence-corrected chi connectivity index (χ1v) is 11.4. The molecule has 1 aliphatic heterocycles. The number of hydrogen-bond acceptors (Lipinski definition) is 9. The van der Waals surface area contributed by atoms with Gasteiger partial charge in [-0.1, -0.05) is 13.8 Å². The van der Waals surface area contributed by atoms with Gasteiger partial charge in [-0.05, 0) is 11.8 Å². The number of rotatable bonds is 8. The van der Waals surface area contributed by atoms with E-state index in [2.05, 4.69) is 10.6 Å². The number of aliphatic carboxylic acids is 1. The van der Waals surface area contributed by atoms with Crippen LogP contribution in [0, 0.1) is 5.41 Å². The molecule has 0 aliphatic carbocycles. The Hall–Kier alpha value is -2.54. The van der Waals surface area contributed by atoms with Crippen LogP contribution in [0.4, 0.5) is 9.59 Å². The van der Waals surface area contributed by atoms with Crippen molar-refractivity contribution in [1.29, 1.82) is 0 Å². The summed E-state index contributed by atoms with van der Waals surface area (Å²) in [6.07, 6.45) is -3.62. The van der Waals surface area contributed by atoms with Gasteiger partial charge in [0.25, 0.3) is 5.91 Å². The molecule has 0 aromatic carbocycles. The Balaban J connectivity index is 2.82. The number of amides is 2. The van der Waals surface area contributed by atoms with E-state index < -0.39 is 41.0 Å². The predicted molar refractivity (Wildman–Crippen MR) is 119 cm³/mol. The lowest BCUT2D eigenvalue weighted by atomic mass is 9.86. The Kier molecular flexibility index (Phi) is 10.9. The quantitative estimate of drug-likeness (QED) is 0.323. The van der Waals surface area contributed by atoms with Crippen molar-refractivity contribution in [2.75, 3.05) is 53.1 Å². The maximum atomic E-state index is 12.7. The lowest BCUT2D eigenvalue weighted by Gasteiger charge is -2.32. The van der Waals surface area contributed by atoms with Crippen molar-refractivity contribution in [1.82, 2.24) is 10.6 Å². The van der Waals surface area contributed by atoms with Gasteiger partial charge in [-0.25, -0.2) is 9.59 Å². The molecule has 33 heavy (non-hydrogen) atoms. The summed E-state index contributed by atoms with van der Waals surface area (Å²) in [4.78, 5) is 59.8. The number of carboxylic acids is 1. The lowest BCUT2D eigenvalue weighted by molar-refractivity contribution is -0.873. The van der Waals surface area contributed by atoms with E-state index in [-0.39, 0.29) is 50.7 Å². The van der Waals surface area contributed by atoms with Crippen molar-refractivity contribution in [3.05, 3.63) is 0 Å². The van der Waals surface area contributed by atoms with Crippen molar-refractivity contribution in [3.63, 3.8) is 0 Å². The number of nitrogens with one attached hydrogen (secondary N) is 2. The maximum absolute atomic E-state index is 12.7. The van der Waals surface area contributed by atoms with E-state index in [4.69, 9.17) is 19.3 Å². The molecule has 0 bridgehead atoms. The summed E-state index contributed by atoms with van der Waals surface area (Å²) in [7, 11) is 5.47. The highest BCUT2D eigenvalue weighted by molar-refractivity contribution is 8.13. The van der Waals surface area contributed by atoms with Gasteiger partial charge in [0.15, 0.2) is 12.2 Å². The van der Waals surface area contributed by atoms with Gasteiger partial charge in [-0.3, -0.25) is 14.4 Å². The molecule has 0 aromatic heterocycles. The number of carboxylic acid groups (broad SMARTS) is 1. The largest absolute Gasteiger partial charge is 0.508 e. The fraction of sp³-hybridized carbons (Fsp3) is 0.750. The first-order valence-electron chi connectivity index (χ1n) is 10.4. The minimum absolute atomic E-state index is 0.0484. The summed E-state index contributed by atoms with van der Waals surface area (Å²) in [6.45, 7) is 3.38. The molecule has 1 saturated heterocycles. The zero-order valence-corrected chi connectivity index (χ0v) is 20.5. The normalized spacial score (nSPS) is 19.7. The molecule has 12 nitrogen and oxygen atoms in total. The molecule has 0 saturated carbocycles. The van der Waals surface area contributed by atoms with Crippen LogP contribution in [0.2, 0.25) is 0 Å². The highest BCUT2D eigenvalue weighted by Crippen LogP contribution is 2.27. The fourth-order valence-corrected chi connectivity index (χ4v) is 3.48. The highest BCUT2D eigenvalue weighted by atomic mass is 32.2. The molecule has 0 unspecified atom stereocenters. The third-order valence-corrected chi connectivity index (χ3v) is 5.18. The number of nitrogens with zero attached hydrogens (tertiary/aromatic N) is 1. The Morgan fingerprint density at radius 2 is 1.88 bits per heavy atom. The number of quaternary nitrogens is 1. The number of carbonyl (C=O) groups is 5. The van der Waals surface area contributed by atoms with Crippen LogP contribution in [0.15, 0.2) is 0 Å². The second-order valence-corrected chi connectivity index (χ2v) is 10.4. The minimum atomic E-state index is -1.30. The van der Waals surface area contributed by atoms with E-state index in [1.165, 1.54) is 0 Å². The van der Waals surface area contributed by atoms with Crippen molar-refractivity contribution in [2.24, 2.45) is 5.41 Å². The topological polar surface area (TPSA) is 157 Å². The summed E-state index contributed by atoms with van der Waals surface area (Å²) >= 11 is 0.813. The smallest absolute Gasteiger partial charge is 0.481 e. The van der Waals surface area contributed by atoms with E-state index in [0.717, 1.165) is 11.8 Å². The van der Waals surface area contributed by atoms with Crippen molar-refractivity contribution >= 4 is 41.0 Å². The Morgan fingerprint density at radius 1 is 1.21 bits per heavy atom. The molecule has 188 valence electrons. The van der Waals surface area contributed by atoms with E-state index >= 15 is 0 Å². The van der Waals surface area contributed by atoms with E-state index in [1.807, 2.05) is 21.1 Å². The van der Waals surface area contributed by atoms with Gasteiger partial charge in [0.05, 0.1) is 27.6 Å². The molecule has 1 heterocycles. The summed E-state index contributed by atoms with van der Waals surface area (Å²) < 4.78 is 16.0. The van der Waals surface area contributed by atoms with Crippen molar-refractivity contribution in [3.8, 4) is 0 Å². The Bertz CT molecular complexity index is 737. The van der Waals surface area contributed by atoms with Gasteiger partial charge < -0.3 is 34.4 Å². The van der Waals surface area contributed by atoms with Crippen LogP contribution in [-0.2, 0) is 28.6 Å². The molecule has 2 atom stereocenters. The summed E-state index contributed by atoms with van der Waals surface area (Å²) in [5.41, 5.74) is -1.14. The van der Waals surface area contributed by atoms with Gasteiger partial charge in [0, 0.05) is 30.7 Å². The lowest BCUT2D eigenvalue weighted by Crippen LogP contribution is -2.49. The number of carbonyl (C=O) groups excluding carboxylic acids is 4. The molecular weight excluding hydrogens is 458 g/mol. The van der Waals surface area contributed by atoms with Crippen LogP contribution in [0.5, 0.6) is 0 Å². The average Bonchev–Trinajstić information content (AvgIpc) is 2.65. The summed E-state index contributed by atoms with van der Waals surface area (Å²) in [5.74, 6) is -1.73.